The Kier molecular flexibility index (Phi) is 8.56. The van der Waals surface area contributed by atoms with Crippen molar-refractivity contribution in [3.8, 4) is 17.0 Å². The van der Waals surface area contributed by atoms with Crippen LogP contribution in [0.25, 0.3) is 22.2 Å². The number of rotatable bonds is 7. The van der Waals surface area contributed by atoms with Crippen molar-refractivity contribution in [2.24, 2.45) is 0 Å². The number of nitrogens with zero attached hydrogens (tertiary/aromatic N) is 4. The van der Waals surface area contributed by atoms with Gasteiger partial charge in [-0.1, -0.05) is 24.3 Å². The summed E-state index contributed by atoms with van der Waals surface area (Å²) in [5.74, 6) is 0.0383. The second-order valence-electron chi connectivity index (χ2n) is 13.0. The molecular weight excluding hydrogens is 589 g/mol. The Morgan fingerprint density at radius 1 is 1.09 bits per heavy atom. The Labute approximate surface area is 267 Å². The molecule has 4 N–H and O–H groups in total. The lowest BCUT2D eigenvalue weighted by atomic mass is 9.90. The summed E-state index contributed by atoms with van der Waals surface area (Å²) in [6, 6.07) is 14.0. The van der Waals surface area contributed by atoms with Gasteiger partial charge in [0.15, 0.2) is 5.82 Å². The lowest BCUT2D eigenvalue weighted by Gasteiger charge is -2.47. The zero-order valence-electron chi connectivity index (χ0n) is 26.6. The molecule has 0 spiro atoms. The normalized spacial score (nSPS) is 16.3. The average Bonchev–Trinajstić information content (AvgIpc) is 3.38. The molecule has 0 saturated carbocycles. The number of nitrogen functional groups attached to an aromatic ring is 1. The molecule has 2 aliphatic rings. The van der Waals surface area contributed by atoms with Gasteiger partial charge >= 0.3 is 6.09 Å². The highest BCUT2D eigenvalue weighted by Crippen LogP contribution is 2.36. The number of H-pyrrole nitrogens is 1. The maximum atomic E-state index is 13.7. The van der Waals surface area contributed by atoms with E-state index < -0.39 is 17.3 Å². The summed E-state index contributed by atoms with van der Waals surface area (Å²) in [4.78, 5) is 34.4. The Balaban J connectivity index is 1.11. The number of halogens is 1. The minimum atomic E-state index is -0.509. The number of piperidine rings is 1. The number of benzene rings is 2. The van der Waals surface area contributed by atoms with E-state index in [9.17, 15) is 14.0 Å². The van der Waals surface area contributed by atoms with E-state index in [0.29, 0.717) is 30.7 Å². The number of ether oxygens (including phenoxy) is 2. The first-order chi connectivity index (χ1) is 22.0. The summed E-state index contributed by atoms with van der Waals surface area (Å²) in [6.45, 7) is 9.15. The zero-order valence-corrected chi connectivity index (χ0v) is 26.6. The van der Waals surface area contributed by atoms with E-state index in [1.807, 2.05) is 45.0 Å². The molecule has 6 rings (SSSR count). The number of amides is 2. The Bertz CT molecular complexity index is 1740. The second kappa shape index (κ2) is 12.6. The number of fused-ring (bicyclic) bond motifs is 1. The van der Waals surface area contributed by atoms with Crippen LogP contribution < -0.4 is 15.8 Å². The largest absolute Gasteiger partial charge is 0.496 e. The number of aromatic nitrogens is 3. The molecule has 242 valence electrons. The Morgan fingerprint density at radius 2 is 1.80 bits per heavy atom. The van der Waals surface area contributed by atoms with Gasteiger partial charge in [-0.2, -0.15) is 5.10 Å². The molecule has 2 saturated heterocycles. The molecule has 0 atom stereocenters. The van der Waals surface area contributed by atoms with Gasteiger partial charge in [0.05, 0.1) is 29.3 Å². The molecule has 2 aromatic heterocycles. The lowest BCUT2D eigenvalue weighted by molar-refractivity contribution is -0.0197. The third-order valence-corrected chi connectivity index (χ3v) is 8.66. The van der Waals surface area contributed by atoms with E-state index in [0.717, 1.165) is 65.4 Å². The van der Waals surface area contributed by atoms with Crippen LogP contribution in [0.5, 0.6) is 5.75 Å². The Morgan fingerprint density at radius 3 is 2.48 bits per heavy atom. The highest BCUT2D eigenvalue weighted by molar-refractivity contribution is 6.00. The van der Waals surface area contributed by atoms with Crippen LogP contribution in [0.4, 0.5) is 15.0 Å². The van der Waals surface area contributed by atoms with Gasteiger partial charge in [0.2, 0.25) is 0 Å². The van der Waals surface area contributed by atoms with Crippen LogP contribution in [0.2, 0.25) is 0 Å². The minimum absolute atomic E-state index is 0.138. The summed E-state index contributed by atoms with van der Waals surface area (Å²) in [5, 5.41) is 10.9. The highest BCUT2D eigenvalue weighted by atomic mass is 19.1. The fourth-order valence-corrected chi connectivity index (χ4v) is 6.14. The molecule has 0 bridgehead atoms. The van der Waals surface area contributed by atoms with E-state index in [1.54, 1.807) is 4.90 Å². The van der Waals surface area contributed by atoms with Crippen LogP contribution in [-0.2, 0) is 11.3 Å². The maximum absolute atomic E-state index is 13.7. The number of nitrogens with two attached hydrogens (primary N) is 1. The van der Waals surface area contributed by atoms with Crippen molar-refractivity contribution in [3.63, 3.8) is 0 Å². The molecule has 2 aliphatic heterocycles. The van der Waals surface area contributed by atoms with Gasteiger partial charge in [0.25, 0.3) is 5.91 Å². The first-order valence-electron chi connectivity index (χ1n) is 15.6. The molecule has 4 heterocycles. The minimum Gasteiger partial charge on any atom is -0.496 e. The number of hydrogen-bond donors (Lipinski definition) is 3. The first kappa shape index (κ1) is 31.3. The summed E-state index contributed by atoms with van der Waals surface area (Å²) in [5.41, 5.74) is 10.3. The average molecular weight is 630 g/mol. The molecule has 0 unspecified atom stereocenters. The third-order valence-electron chi connectivity index (χ3n) is 8.66. The van der Waals surface area contributed by atoms with E-state index in [4.69, 9.17) is 20.2 Å². The zero-order chi connectivity index (χ0) is 32.6. The first-order valence-corrected chi connectivity index (χ1v) is 15.6. The summed E-state index contributed by atoms with van der Waals surface area (Å²) >= 11 is 0. The summed E-state index contributed by atoms with van der Waals surface area (Å²) in [7, 11) is 1.44. The molecule has 0 aliphatic carbocycles. The number of carbonyl (C=O) groups excluding carboxylic acids is 2. The number of likely N-dealkylation sites (tertiary alicyclic amines) is 2. The Hall–Kier alpha value is -4.71. The number of pyridine rings is 1. The smallest absolute Gasteiger partial charge is 0.410 e. The number of anilines is 1. The van der Waals surface area contributed by atoms with E-state index in [1.165, 1.54) is 19.2 Å². The lowest BCUT2D eigenvalue weighted by Crippen LogP contribution is -2.62. The van der Waals surface area contributed by atoms with Gasteiger partial charge in [0, 0.05) is 42.9 Å². The van der Waals surface area contributed by atoms with Crippen molar-refractivity contribution >= 4 is 28.7 Å². The summed E-state index contributed by atoms with van der Waals surface area (Å²) in [6.07, 6.45) is 1.67. The number of carbonyl (C=O) groups is 2. The van der Waals surface area contributed by atoms with E-state index in [-0.39, 0.29) is 24.1 Å². The van der Waals surface area contributed by atoms with Crippen molar-refractivity contribution in [1.82, 2.24) is 30.3 Å². The quantitative estimate of drug-likeness (QED) is 0.257. The molecule has 2 amide bonds. The van der Waals surface area contributed by atoms with Gasteiger partial charge in [-0.3, -0.25) is 19.8 Å². The van der Waals surface area contributed by atoms with Gasteiger partial charge < -0.3 is 25.4 Å². The van der Waals surface area contributed by atoms with Gasteiger partial charge in [-0.25, -0.2) is 9.18 Å². The van der Waals surface area contributed by atoms with Crippen molar-refractivity contribution < 1.29 is 23.5 Å². The molecule has 46 heavy (non-hydrogen) atoms. The molecule has 11 nitrogen and oxygen atoms in total. The third kappa shape index (κ3) is 6.62. The molecule has 12 heteroatoms. The van der Waals surface area contributed by atoms with Gasteiger partial charge in [-0.15, -0.1) is 0 Å². The standard InChI is InChI=1S/C34H40FN7O4/c1-34(2,3)46-33(44)42-18-24(19-42)41-13-11-21(12-14-41)26-16-27-29(31(36)40-39-27)30(38-26)22-7-5-20(6-8-22)17-37-32(43)25-15-23(35)9-10-28(25)45-4/h5-10,15-16,21,24H,11-14,17-19H2,1-4H3,(H,37,43)(H3,36,39,40). The number of hydrogen-bond acceptors (Lipinski definition) is 8. The molecule has 0 radical (unpaired) electrons. The van der Waals surface area contributed by atoms with Crippen molar-refractivity contribution in [1.29, 1.82) is 0 Å². The van der Waals surface area contributed by atoms with Crippen LogP contribution in [0, 0.1) is 5.82 Å². The topological polar surface area (TPSA) is 139 Å². The van der Waals surface area contributed by atoms with Crippen LogP contribution in [0.1, 0.15) is 61.1 Å². The summed E-state index contributed by atoms with van der Waals surface area (Å²) < 4.78 is 24.5. The van der Waals surface area contributed by atoms with E-state index >= 15 is 0 Å². The monoisotopic (exact) mass is 629 g/mol. The van der Waals surface area contributed by atoms with Crippen LogP contribution in [0.15, 0.2) is 48.5 Å². The van der Waals surface area contributed by atoms with E-state index in [2.05, 4.69) is 26.5 Å². The van der Waals surface area contributed by atoms with Crippen molar-refractivity contribution in [2.45, 2.75) is 57.7 Å². The van der Waals surface area contributed by atoms with Crippen LogP contribution in [0.3, 0.4) is 0 Å². The van der Waals surface area contributed by atoms with Crippen LogP contribution in [-0.4, -0.2) is 81.9 Å². The number of aromatic amines is 1. The van der Waals surface area contributed by atoms with Crippen LogP contribution >= 0.6 is 0 Å². The fourth-order valence-electron chi connectivity index (χ4n) is 6.14. The van der Waals surface area contributed by atoms with Gasteiger partial charge in [0.1, 0.15) is 17.2 Å². The number of methoxy groups -OCH3 is 1. The molecule has 2 aromatic carbocycles. The van der Waals surface area contributed by atoms with Crippen molar-refractivity contribution in [2.75, 3.05) is 39.0 Å². The molecule has 4 aromatic rings. The molecular formula is C34H40FN7O4. The maximum Gasteiger partial charge on any atom is 0.410 e. The number of nitrogens with one attached hydrogen (secondary N) is 2. The predicted molar refractivity (Wildman–Crippen MR) is 173 cm³/mol. The fraction of sp³-hybridized carbons (Fsp3) is 0.412. The highest BCUT2D eigenvalue weighted by Gasteiger charge is 2.38. The second-order valence-corrected chi connectivity index (χ2v) is 13.0. The predicted octanol–water partition coefficient (Wildman–Crippen LogP) is 5.08. The van der Waals surface area contributed by atoms with Crippen molar-refractivity contribution in [3.05, 3.63) is 71.2 Å². The molecule has 2 fully saturated rings. The SMILES string of the molecule is COc1ccc(F)cc1C(=O)NCc1ccc(-c2nc(C3CCN(C4CN(C(=O)OC(C)(C)C)C4)CC3)cc3[nH]nc(N)c23)cc1. The van der Waals surface area contributed by atoms with Gasteiger partial charge in [-0.05, 0) is 76.5 Å².